The van der Waals surface area contributed by atoms with Gasteiger partial charge in [0.1, 0.15) is 5.75 Å². The Morgan fingerprint density at radius 3 is 2.34 bits per heavy atom. The molecule has 0 aliphatic rings. The fourth-order valence-electron chi connectivity index (χ4n) is 2.63. The number of hydrogen-bond donors (Lipinski definition) is 4. The molecule has 0 radical (unpaired) electrons. The normalized spacial score (nSPS) is 11.2. The fraction of sp³-hybridized carbons (Fsp3) is 0.286. The summed E-state index contributed by atoms with van der Waals surface area (Å²) in [5, 5.41) is 17.0. The number of aliphatic carboxylic acids is 1. The van der Waals surface area contributed by atoms with Crippen molar-refractivity contribution in [2.75, 3.05) is 19.0 Å². The van der Waals surface area contributed by atoms with Gasteiger partial charge in [-0.15, -0.1) is 0 Å². The van der Waals surface area contributed by atoms with Gasteiger partial charge in [0, 0.05) is 25.2 Å². The molecule has 2 rings (SSSR count). The first-order chi connectivity index (χ1) is 14.0. The number of rotatable bonds is 10. The molecule has 0 aliphatic carbocycles. The van der Waals surface area contributed by atoms with Gasteiger partial charge in [-0.1, -0.05) is 30.3 Å². The van der Waals surface area contributed by atoms with Crippen molar-refractivity contribution in [1.29, 1.82) is 0 Å². The number of benzene rings is 2. The van der Waals surface area contributed by atoms with Crippen LogP contribution in [0.2, 0.25) is 0 Å². The molecule has 0 saturated heterocycles. The van der Waals surface area contributed by atoms with Crippen LogP contribution in [0.3, 0.4) is 0 Å². The Hall–Kier alpha value is -3.55. The second-order valence-electron chi connectivity index (χ2n) is 6.40. The van der Waals surface area contributed by atoms with E-state index in [1.165, 1.54) is 7.05 Å². The minimum Gasteiger partial charge on any atom is -0.484 e. The number of amides is 3. The van der Waals surface area contributed by atoms with Crippen molar-refractivity contribution in [2.45, 2.75) is 25.3 Å². The number of anilines is 1. The molecule has 0 aromatic heterocycles. The molecule has 2 aromatic carbocycles. The number of carbonyl (C=O) groups excluding carboxylic acids is 2. The molecule has 8 nitrogen and oxygen atoms in total. The molecule has 0 heterocycles. The lowest BCUT2D eigenvalue weighted by Crippen LogP contribution is -2.39. The summed E-state index contributed by atoms with van der Waals surface area (Å²) in [6.45, 7) is -0.0888. The maximum atomic E-state index is 12.3. The zero-order valence-corrected chi connectivity index (χ0v) is 16.2. The molecule has 0 saturated carbocycles. The van der Waals surface area contributed by atoms with Crippen LogP contribution in [0.1, 0.15) is 18.4 Å². The molecular weight excluding hydrogens is 374 g/mol. The van der Waals surface area contributed by atoms with E-state index in [0.717, 1.165) is 5.56 Å². The van der Waals surface area contributed by atoms with Crippen LogP contribution in [0.25, 0.3) is 0 Å². The average Bonchev–Trinajstić information content (AvgIpc) is 2.72. The third-order valence-electron chi connectivity index (χ3n) is 4.13. The van der Waals surface area contributed by atoms with Crippen LogP contribution in [0, 0.1) is 0 Å². The summed E-state index contributed by atoms with van der Waals surface area (Å²) in [7, 11) is 1.53. The van der Waals surface area contributed by atoms with Gasteiger partial charge in [-0.05, 0) is 42.7 Å². The Labute approximate surface area is 169 Å². The number of carboxylic acid groups (broad SMARTS) is 1. The smallest absolute Gasteiger partial charge is 0.319 e. The molecule has 4 N–H and O–H groups in total. The van der Waals surface area contributed by atoms with Crippen molar-refractivity contribution >= 4 is 23.6 Å². The number of carboxylic acids is 1. The number of hydrogen-bond acceptors (Lipinski definition) is 4. The molecule has 0 fully saturated rings. The van der Waals surface area contributed by atoms with Crippen LogP contribution in [0.15, 0.2) is 54.6 Å². The Bertz CT molecular complexity index is 809. The van der Waals surface area contributed by atoms with Crippen LogP contribution >= 0.6 is 0 Å². The summed E-state index contributed by atoms with van der Waals surface area (Å²) in [6.07, 6.45) is 0.826. The topological polar surface area (TPSA) is 117 Å². The lowest BCUT2D eigenvalue weighted by atomic mass is 10.0. The van der Waals surface area contributed by atoms with Crippen molar-refractivity contribution in [1.82, 2.24) is 10.6 Å². The monoisotopic (exact) mass is 399 g/mol. The van der Waals surface area contributed by atoms with Crippen molar-refractivity contribution in [3.63, 3.8) is 0 Å². The number of likely N-dealkylation sites (N-methyl/N-ethyl adjacent to an activating group) is 1. The maximum Gasteiger partial charge on any atom is 0.319 e. The van der Waals surface area contributed by atoms with Gasteiger partial charge in [0.25, 0.3) is 5.91 Å². The average molecular weight is 399 g/mol. The quantitative estimate of drug-likeness (QED) is 0.490. The summed E-state index contributed by atoms with van der Waals surface area (Å²) in [5.41, 5.74) is 1.56. The highest BCUT2D eigenvalue weighted by molar-refractivity contribution is 5.89. The van der Waals surface area contributed by atoms with Gasteiger partial charge in [-0.2, -0.15) is 0 Å². The predicted molar refractivity (Wildman–Crippen MR) is 109 cm³/mol. The molecule has 1 unspecified atom stereocenters. The molecule has 3 amide bonds. The van der Waals surface area contributed by atoms with Gasteiger partial charge in [0.05, 0.1) is 0 Å². The fourth-order valence-corrected chi connectivity index (χ4v) is 2.63. The van der Waals surface area contributed by atoms with Crippen LogP contribution in [0.4, 0.5) is 10.5 Å². The van der Waals surface area contributed by atoms with E-state index in [0.29, 0.717) is 24.3 Å². The van der Waals surface area contributed by atoms with Crippen molar-refractivity contribution < 1.29 is 24.2 Å². The SMILES string of the molecule is CNC(=O)COc1ccc(NC(=O)NC(CCC(=O)O)Cc2ccccc2)cc1. The van der Waals surface area contributed by atoms with Crippen LogP contribution < -0.4 is 20.7 Å². The van der Waals surface area contributed by atoms with Gasteiger partial charge in [-0.3, -0.25) is 9.59 Å². The highest BCUT2D eigenvalue weighted by atomic mass is 16.5. The third kappa shape index (κ3) is 8.34. The Kier molecular flexibility index (Phi) is 8.50. The summed E-state index contributed by atoms with van der Waals surface area (Å²) in [4.78, 5) is 34.4. The van der Waals surface area contributed by atoms with Gasteiger partial charge >= 0.3 is 12.0 Å². The molecule has 0 spiro atoms. The van der Waals surface area contributed by atoms with E-state index in [-0.39, 0.29) is 25.0 Å². The number of urea groups is 1. The van der Waals surface area contributed by atoms with Crippen molar-refractivity contribution in [3.8, 4) is 5.75 Å². The van der Waals surface area contributed by atoms with E-state index < -0.39 is 12.0 Å². The summed E-state index contributed by atoms with van der Waals surface area (Å²) < 4.78 is 5.31. The van der Waals surface area contributed by atoms with Crippen LogP contribution in [-0.2, 0) is 16.0 Å². The molecule has 8 heteroatoms. The Morgan fingerprint density at radius 1 is 1.03 bits per heavy atom. The number of nitrogens with one attached hydrogen (secondary N) is 3. The van der Waals surface area contributed by atoms with Gasteiger partial charge in [0.2, 0.25) is 0 Å². The zero-order valence-electron chi connectivity index (χ0n) is 16.2. The zero-order chi connectivity index (χ0) is 21.1. The minimum atomic E-state index is -0.905. The second kappa shape index (κ2) is 11.3. The van der Waals surface area contributed by atoms with Crippen LogP contribution in [-0.4, -0.2) is 42.7 Å². The minimum absolute atomic E-state index is 0.0326. The van der Waals surface area contributed by atoms with Gasteiger partial charge in [0.15, 0.2) is 6.61 Å². The third-order valence-corrected chi connectivity index (χ3v) is 4.13. The molecule has 0 aliphatic heterocycles. The van der Waals surface area contributed by atoms with E-state index in [4.69, 9.17) is 9.84 Å². The highest BCUT2D eigenvalue weighted by Crippen LogP contribution is 2.16. The molecule has 1 atom stereocenters. The van der Waals surface area contributed by atoms with Gasteiger partial charge in [-0.25, -0.2) is 4.79 Å². The Morgan fingerprint density at radius 2 is 1.72 bits per heavy atom. The summed E-state index contributed by atoms with van der Waals surface area (Å²) in [5.74, 6) is -0.641. The standard InChI is InChI=1S/C21H25N3O5/c1-22-19(25)14-29-18-10-7-16(8-11-18)23-21(28)24-17(9-12-20(26)27)13-15-5-3-2-4-6-15/h2-8,10-11,17H,9,12-14H2,1H3,(H,22,25)(H,26,27)(H2,23,24,28). The predicted octanol–water partition coefficient (Wildman–Crippen LogP) is 2.41. The van der Waals surface area contributed by atoms with E-state index in [1.807, 2.05) is 30.3 Å². The van der Waals surface area contributed by atoms with Gasteiger partial charge < -0.3 is 25.8 Å². The lowest BCUT2D eigenvalue weighted by molar-refractivity contribution is -0.137. The Balaban J connectivity index is 1.90. The largest absolute Gasteiger partial charge is 0.484 e. The first-order valence-corrected chi connectivity index (χ1v) is 9.23. The van der Waals surface area contributed by atoms with E-state index in [2.05, 4.69) is 16.0 Å². The molecule has 154 valence electrons. The van der Waals surface area contributed by atoms with Crippen LogP contribution in [0.5, 0.6) is 5.75 Å². The lowest BCUT2D eigenvalue weighted by Gasteiger charge is -2.19. The highest BCUT2D eigenvalue weighted by Gasteiger charge is 2.15. The van der Waals surface area contributed by atoms with E-state index in [9.17, 15) is 14.4 Å². The first kappa shape index (κ1) is 21.7. The number of carbonyl (C=O) groups is 3. The number of ether oxygens (including phenoxy) is 1. The van der Waals surface area contributed by atoms with E-state index >= 15 is 0 Å². The maximum absolute atomic E-state index is 12.3. The second-order valence-corrected chi connectivity index (χ2v) is 6.40. The summed E-state index contributed by atoms with van der Waals surface area (Å²) >= 11 is 0. The van der Waals surface area contributed by atoms with Crippen molar-refractivity contribution in [3.05, 3.63) is 60.2 Å². The van der Waals surface area contributed by atoms with E-state index in [1.54, 1.807) is 24.3 Å². The molecule has 0 bridgehead atoms. The first-order valence-electron chi connectivity index (χ1n) is 9.23. The molecule has 29 heavy (non-hydrogen) atoms. The molecular formula is C21H25N3O5. The molecule has 2 aromatic rings. The van der Waals surface area contributed by atoms with Crippen molar-refractivity contribution in [2.24, 2.45) is 0 Å². The summed E-state index contributed by atoms with van der Waals surface area (Å²) in [6, 6.07) is 15.4.